The van der Waals surface area contributed by atoms with Crippen molar-refractivity contribution in [1.82, 2.24) is 5.43 Å². The Morgan fingerprint density at radius 1 is 1.21 bits per heavy atom. The molecule has 0 radical (unpaired) electrons. The van der Waals surface area contributed by atoms with Gasteiger partial charge in [0.15, 0.2) is 0 Å². The molecule has 1 heterocycles. The highest BCUT2D eigenvalue weighted by molar-refractivity contribution is 9.10. The second-order valence-electron chi connectivity index (χ2n) is 6.31. The van der Waals surface area contributed by atoms with Crippen LogP contribution in [0.4, 0.5) is 5.00 Å². The minimum absolute atomic E-state index is 0.237. The van der Waals surface area contributed by atoms with Crippen molar-refractivity contribution in [2.75, 3.05) is 11.9 Å². The summed E-state index contributed by atoms with van der Waals surface area (Å²) in [6.45, 7) is 1.96. The third kappa shape index (κ3) is 5.10. The second-order valence-corrected chi connectivity index (χ2v) is 8.27. The van der Waals surface area contributed by atoms with Crippen LogP contribution in [0.15, 0.2) is 33.8 Å². The van der Waals surface area contributed by atoms with Crippen molar-refractivity contribution in [2.24, 2.45) is 5.10 Å². The van der Waals surface area contributed by atoms with Crippen molar-refractivity contribution in [2.45, 2.75) is 32.6 Å². The highest BCUT2D eigenvalue weighted by atomic mass is 79.9. The average Bonchev–Trinajstić information content (AvgIpc) is 3.07. The first-order valence-electron chi connectivity index (χ1n) is 9.21. The van der Waals surface area contributed by atoms with Crippen LogP contribution in [0.3, 0.4) is 0 Å². The molecule has 0 atom stereocenters. The number of hydrogen-bond donors (Lipinski definition) is 2. The standard InChI is InChI=1S/C20H20BrN3O4S/c1-2-28-20(27)16-13-8-4-6-10-15(13)29-19(16)23-17(25)18(26)24-22-11-12-7-3-5-9-14(12)21/h3,5,7,9,11H,2,4,6,8,10H2,1H3,(H,23,25)(H,24,26)/b22-11-. The summed E-state index contributed by atoms with van der Waals surface area (Å²) in [5.41, 5.74) is 4.24. The van der Waals surface area contributed by atoms with E-state index in [0.29, 0.717) is 10.6 Å². The fourth-order valence-electron chi connectivity index (χ4n) is 3.02. The highest BCUT2D eigenvalue weighted by Crippen LogP contribution is 2.38. The molecule has 2 N–H and O–H groups in total. The van der Waals surface area contributed by atoms with Crippen molar-refractivity contribution in [3.63, 3.8) is 0 Å². The maximum atomic E-state index is 12.4. The van der Waals surface area contributed by atoms with Crippen LogP contribution in [0.25, 0.3) is 0 Å². The number of carbonyl (C=O) groups is 3. The summed E-state index contributed by atoms with van der Waals surface area (Å²) in [4.78, 5) is 37.9. The monoisotopic (exact) mass is 477 g/mol. The van der Waals surface area contributed by atoms with Gasteiger partial charge in [-0.05, 0) is 44.2 Å². The summed E-state index contributed by atoms with van der Waals surface area (Å²) in [6, 6.07) is 7.33. The van der Waals surface area contributed by atoms with Crippen molar-refractivity contribution in [3.8, 4) is 0 Å². The van der Waals surface area contributed by atoms with E-state index in [2.05, 4.69) is 31.8 Å². The fourth-order valence-corrected chi connectivity index (χ4v) is 4.68. The van der Waals surface area contributed by atoms with Crippen LogP contribution >= 0.6 is 27.3 Å². The molecule has 0 aliphatic heterocycles. The fraction of sp³-hybridized carbons (Fsp3) is 0.300. The first-order chi connectivity index (χ1) is 14.0. The number of nitrogens with one attached hydrogen (secondary N) is 2. The number of rotatable bonds is 5. The number of halogens is 1. The van der Waals surface area contributed by atoms with E-state index in [9.17, 15) is 14.4 Å². The topological polar surface area (TPSA) is 96.9 Å². The molecule has 1 aliphatic carbocycles. The summed E-state index contributed by atoms with van der Waals surface area (Å²) < 4.78 is 5.96. The Kier molecular flexibility index (Phi) is 7.16. The van der Waals surface area contributed by atoms with Gasteiger partial charge < -0.3 is 10.1 Å². The number of fused-ring (bicyclic) bond motifs is 1. The summed E-state index contributed by atoms with van der Waals surface area (Å²) >= 11 is 4.70. The number of nitrogens with zero attached hydrogens (tertiary/aromatic N) is 1. The largest absolute Gasteiger partial charge is 0.462 e. The maximum Gasteiger partial charge on any atom is 0.341 e. The summed E-state index contributed by atoms with van der Waals surface area (Å²) in [5, 5.41) is 6.72. The van der Waals surface area contributed by atoms with E-state index in [-0.39, 0.29) is 6.61 Å². The number of amides is 2. The number of thiophene rings is 1. The summed E-state index contributed by atoms with van der Waals surface area (Å²) in [6.07, 6.45) is 5.06. The van der Waals surface area contributed by atoms with E-state index < -0.39 is 17.8 Å². The molecule has 1 aromatic heterocycles. The van der Waals surface area contributed by atoms with Gasteiger partial charge in [0, 0.05) is 14.9 Å². The minimum atomic E-state index is -0.922. The van der Waals surface area contributed by atoms with Gasteiger partial charge in [-0.3, -0.25) is 9.59 Å². The molecular weight excluding hydrogens is 458 g/mol. The van der Waals surface area contributed by atoms with Crippen LogP contribution in [0.1, 0.15) is 46.1 Å². The molecule has 0 saturated carbocycles. The Bertz CT molecular complexity index is 971. The molecule has 29 heavy (non-hydrogen) atoms. The number of hydrazone groups is 1. The number of benzene rings is 1. The maximum absolute atomic E-state index is 12.4. The quantitative estimate of drug-likeness (QED) is 0.297. The molecule has 3 rings (SSSR count). The second kappa shape index (κ2) is 9.80. The van der Waals surface area contributed by atoms with E-state index in [0.717, 1.165) is 46.2 Å². The Hall–Kier alpha value is -2.52. The van der Waals surface area contributed by atoms with Crippen LogP contribution in [0.2, 0.25) is 0 Å². The van der Waals surface area contributed by atoms with Gasteiger partial charge >= 0.3 is 17.8 Å². The predicted octanol–water partition coefficient (Wildman–Crippen LogP) is 3.65. The van der Waals surface area contributed by atoms with Crippen molar-refractivity contribution in [3.05, 3.63) is 50.3 Å². The van der Waals surface area contributed by atoms with Gasteiger partial charge in [-0.25, -0.2) is 10.2 Å². The van der Waals surface area contributed by atoms with Crippen LogP contribution in [0, 0.1) is 0 Å². The molecule has 2 aromatic rings. The smallest absolute Gasteiger partial charge is 0.341 e. The summed E-state index contributed by atoms with van der Waals surface area (Å²) in [7, 11) is 0. The SMILES string of the molecule is CCOC(=O)c1c(NC(=O)C(=O)N/N=C\c2ccccc2Br)sc2c1CCCC2. The molecule has 0 saturated heterocycles. The Labute approximate surface area is 180 Å². The van der Waals surface area contributed by atoms with Crippen LogP contribution in [-0.4, -0.2) is 30.6 Å². The first-order valence-corrected chi connectivity index (χ1v) is 10.8. The van der Waals surface area contributed by atoms with E-state index in [4.69, 9.17) is 4.74 Å². The number of hydrogen-bond acceptors (Lipinski definition) is 6. The van der Waals surface area contributed by atoms with Crippen LogP contribution in [0.5, 0.6) is 0 Å². The lowest BCUT2D eigenvalue weighted by molar-refractivity contribution is -0.136. The van der Waals surface area contributed by atoms with Crippen molar-refractivity contribution >= 4 is 56.3 Å². The number of carbonyl (C=O) groups excluding carboxylic acids is 3. The van der Waals surface area contributed by atoms with Gasteiger partial charge in [0.05, 0.1) is 18.4 Å². The molecule has 2 amide bonds. The molecule has 1 aliphatic rings. The number of esters is 1. The highest BCUT2D eigenvalue weighted by Gasteiger charge is 2.28. The number of ether oxygens (including phenoxy) is 1. The lowest BCUT2D eigenvalue weighted by atomic mass is 9.95. The van der Waals surface area contributed by atoms with Gasteiger partial charge in [-0.1, -0.05) is 34.1 Å². The van der Waals surface area contributed by atoms with Crippen molar-refractivity contribution < 1.29 is 19.1 Å². The van der Waals surface area contributed by atoms with Gasteiger partial charge in [-0.2, -0.15) is 5.10 Å². The van der Waals surface area contributed by atoms with Crippen LogP contribution < -0.4 is 10.7 Å². The zero-order valence-corrected chi connectivity index (χ0v) is 18.2. The Morgan fingerprint density at radius 3 is 2.72 bits per heavy atom. The lowest BCUT2D eigenvalue weighted by Crippen LogP contribution is -2.32. The van der Waals surface area contributed by atoms with E-state index >= 15 is 0 Å². The number of aryl methyl sites for hydroxylation is 1. The molecule has 0 fully saturated rings. The zero-order chi connectivity index (χ0) is 20.8. The van der Waals surface area contributed by atoms with E-state index in [1.807, 2.05) is 24.3 Å². The first kappa shape index (κ1) is 21.2. The normalized spacial score (nSPS) is 13.0. The van der Waals surface area contributed by atoms with Gasteiger partial charge in [0.1, 0.15) is 5.00 Å². The number of anilines is 1. The predicted molar refractivity (Wildman–Crippen MR) is 115 cm³/mol. The van der Waals surface area contributed by atoms with Crippen LogP contribution in [-0.2, 0) is 27.2 Å². The van der Waals surface area contributed by atoms with Crippen molar-refractivity contribution in [1.29, 1.82) is 0 Å². The molecule has 9 heteroatoms. The molecular formula is C20H20BrN3O4S. The Balaban J connectivity index is 1.71. The minimum Gasteiger partial charge on any atom is -0.462 e. The van der Waals surface area contributed by atoms with Gasteiger partial charge in [0.25, 0.3) is 0 Å². The lowest BCUT2D eigenvalue weighted by Gasteiger charge is -2.12. The Morgan fingerprint density at radius 2 is 1.97 bits per heavy atom. The molecule has 0 unspecified atom stereocenters. The molecule has 152 valence electrons. The molecule has 0 spiro atoms. The zero-order valence-electron chi connectivity index (χ0n) is 15.8. The van der Waals surface area contributed by atoms with Gasteiger partial charge in [0.2, 0.25) is 0 Å². The third-order valence-electron chi connectivity index (χ3n) is 4.36. The third-order valence-corrected chi connectivity index (χ3v) is 6.29. The van der Waals surface area contributed by atoms with E-state index in [1.54, 1.807) is 6.92 Å². The summed E-state index contributed by atoms with van der Waals surface area (Å²) in [5.74, 6) is -2.29. The molecule has 1 aromatic carbocycles. The van der Waals surface area contributed by atoms with E-state index in [1.165, 1.54) is 17.6 Å². The molecule has 7 nitrogen and oxygen atoms in total. The van der Waals surface area contributed by atoms with Gasteiger partial charge in [-0.15, -0.1) is 11.3 Å². The average molecular weight is 478 g/mol. The molecule has 0 bridgehead atoms.